The topological polar surface area (TPSA) is 97.2 Å². The number of pyridine rings is 1. The van der Waals surface area contributed by atoms with Crippen LogP contribution in [0.25, 0.3) is 11.1 Å². The molecule has 0 saturated carbocycles. The molecule has 0 radical (unpaired) electrons. The van der Waals surface area contributed by atoms with E-state index in [0.29, 0.717) is 11.8 Å². The number of aryl methyl sites for hydroxylation is 1. The predicted octanol–water partition coefficient (Wildman–Crippen LogP) is 0.763. The smallest absolute Gasteiger partial charge is 0.222 e. The van der Waals surface area contributed by atoms with E-state index in [1.54, 1.807) is 12.3 Å². The van der Waals surface area contributed by atoms with E-state index in [1.807, 2.05) is 13.0 Å². The number of anilines is 3. The van der Waals surface area contributed by atoms with E-state index in [2.05, 4.69) is 31.8 Å². The summed E-state index contributed by atoms with van der Waals surface area (Å²) in [7, 11) is 2.13. The van der Waals surface area contributed by atoms with Gasteiger partial charge in [0.25, 0.3) is 0 Å². The lowest BCUT2D eigenvalue weighted by molar-refractivity contribution is 0.312. The lowest BCUT2D eigenvalue weighted by Crippen LogP contribution is -2.45. The van der Waals surface area contributed by atoms with Gasteiger partial charge >= 0.3 is 0 Å². The zero-order valence-electron chi connectivity index (χ0n) is 13.0. The Balaban J connectivity index is 2.06. The molecule has 116 valence electrons. The van der Waals surface area contributed by atoms with Gasteiger partial charge in [-0.05, 0) is 26.1 Å². The van der Waals surface area contributed by atoms with E-state index in [1.165, 1.54) is 0 Å². The number of aromatic nitrogens is 3. The summed E-state index contributed by atoms with van der Waals surface area (Å²) in [5.74, 6) is 1.68. The van der Waals surface area contributed by atoms with Crippen molar-refractivity contribution in [2.45, 2.75) is 6.92 Å². The van der Waals surface area contributed by atoms with Crippen molar-refractivity contribution in [3.8, 4) is 11.1 Å². The van der Waals surface area contributed by atoms with Gasteiger partial charge in [0.1, 0.15) is 11.6 Å². The minimum Gasteiger partial charge on any atom is -0.384 e. The van der Waals surface area contributed by atoms with Crippen LogP contribution in [0.2, 0.25) is 0 Å². The summed E-state index contributed by atoms with van der Waals surface area (Å²) in [6, 6.07) is 3.74. The number of piperazine rings is 1. The molecule has 0 spiro atoms. The van der Waals surface area contributed by atoms with Gasteiger partial charge in [-0.25, -0.2) is 9.97 Å². The number of hydrogen-bond acceptors (Lipinski definition) is 7. The van der Waals surface area contributed by atoms with Gasteiger partial charge in [-0.1, -0.05) is 0 Å². The molecule has 0 bridgehead atoms. The normalized spacial score (nSPS) is 16.0. The molecule has 0 unspecified atom stereocenters. The molecule has 4 N–H and O–H groups in total. The number of nitrogen functional groups attached to an aromatic ring is 2. The zero-order chi connectivity index (χ0) is 15.7. The summed E-state index contributed by atoms with van der Waals surface area (Å²) in [6.07, 6.45) is 1.76. The van der Waals surface area contributed by atoms with Gasteiger partial charge in [-0.15, -0.1) is 0 Å². The first-order valence-corrected chi connectivity index (χ1v) is 7.34. The second kappa shape index (κ2) is 5.76. The van der Waals surface area contributed by atoms with Crippen molar-refractivity contribution in [3.63, 3.8) is 0 Å². The summed E-state index contributed by atoms with van der Waals surface area (Å²) >= 11 is 0. The SMILES string of the molecule is Cc1nc(N)nc(N2CCN(C)CC2)c1-c1ccc(N)nc1. The molecule has 2 aromatic heterocycles. The Morgan fingerprint density at radius 2 is 1.77 bits per heavy atom. The van der Waals surface area contributed by atoms with Crippen LogP contribution in [0.5, 0.6) is 0 Å². The molecule has 7 heteroatoms. The second-order valence-electron chi connectivity index (χ2n) is 5.63. The van der Waals surface area contributed by atoms with Gasteiger partial charge < -0.3 is 21.3 Å². The molecule has 1 fully saturated rings. The Morgan fingerprint density at radius 1 is 1.05 bits per heavy atom. The fourth-order valence-electron chi connectivity index (χ4n) is 2.72. The average molecular weight is 299 g/mol. The van der Waals surface area contributed by atoms with Crippen LogP contribution in [0, 0.1) is 6.92 Å². The van der Waals surface area contributed by atoms with Crippen molar-refractivity contribution in [2.75, 3.05) is 49.6 Å². The Labute approximate surface area is 130 Å². The highest BCUT2D eigenvalue weighted by Gasteiger charge is 2.21. The van der Waals surface area contributed by atoms with Crippen molar-refractivity contribution >= 4 is 17.6 Å². The predicted molar refractivity (Wildman–Crippen MR) is 88.5 cm³/mol. The molecule has 2 aromatic rings. The highest BCUT2D eigenvalue weighted by atomic mass is 15.3. The first kappa shape index (κ1) is 14.5. The van der Waals surface area contributed by atoms with E-state index in [0.717, 1.165) is 48.8 Å². The first-order chi connectivity index (χ1) is 10.5. The van der Waals surface area contributed by atoms with E-state index in [4.69, 9.17) is 11.5 Å². The summed E-state index contributed by atoms with van der Waals surface area (Å²) < 4.78 is 0. The molecule has 3 heterocycles. The number of likely N-dealkylation sites (N-methyl/N-ethyl adjacent to an activating group) is 1. The molecule has 1 saturated heterocycles. The van der Waals surface area contributed by atoms with Gasteiger partial charge in [-0.2, -0.15) is 4.98 Å². The maximum atomic E-state index is 5.87. The Hall–Kier alpha value is -2.41. The van der Waals surface area contributed by atoms with Crippen LogP contribution in [-0.2, 0) is 0 Å². The molecular weight excluding hydrogens is 278 g/mol. The third-order valence-electron chi connectivity index (χ3n) is 3.97. The number of nitrogens with two attached hydrogens (primary N) is 2. The minimum absolute atomic E-state index is 0.304. The Bertz CT molecular complexity index is 660. The van der Waals surface area contributed by atoms with Crippen LogP contribution < -0.4 is 16.4 Å². The molecule has 0 atom stereocenters. The monoisotopic (exact) mass is 299 g/mol. The van der Waals surface area contributed by atoms with Crippen molar-refractivity contribution < 1.29 is 0 Å². The third kappa shape index (κ3) is 2.80. The summed E-state index contributed by atoms with van der Waals surface area (Å²) in [6.45, 7) is 5.79. The Morgan fingerprint density at radius 3 is 2.41 bits per heavy atom. The standard InChI is InChI=1S/C15H21N7/c1-10-13(11-3-4-12(16)18-9-11)14(20-15(17)19-10)22-7-5-21(2)6-8-22/h3-4,9H,5-8H2,1-2H3,(H2,16,18)(H2,17,19,20). The largest absolute Gasteiger partial charge is 0.384 e. The number of rotatable bonds is 2. The van der Waals surface area contributed by atoms with E-state index in [9.17, 15) is 0 Å². The average Bonchev–Trinajstić information content (AvgIpc) is 2.49. The van der Waals surface area contributed by atoms with E-state index in [-0.39, 0.29) is 0 Å². The zero-order valence-corrected chi connectivity index (χ0v) is 13.0. The number of nitrogens with zero attached hydrogens (tertiary/aromatic N) is 5. The van der Waals surface area contributed by atoms with Crippen molar-refractivity contribution in [1.82, 2.24) is 19.9 Å². The van der Waals surface area contributed by atoms with Crippen molar-refractivity contribution in [3.05, 3.63) is 24.0 Å². The summed E-state index contributed by atoms with van der Waals surface area (Å²) in [4.78, 5) is 17.6. The van der Waals surface area contributed by atoms with Gasteiger partial charge in [0.15, 0.2) is 0 Å². The Kier molecular flexibility index (Phi) is 3.81. The van der Waals surface area contributed by atoms with E-state index < -0.39 is 0 Å². The molecule has 0 aromatic carbocycles. The number of hydrogen-bond donors (Lipinski definition) is 2. The molecule has 1 aliphatic rings. The van der Waals surface area contributed by atoms with Crippen molar-refractivity contribution in [2.24, 2.45) is 0 Å². The van der Waals surface area contributed by atoms with Crippen LogP contribution >= 0.6 is 0 Å². The summed E-state index contributed by atoms with van der Waals surface area (Å²) in [5, 5.41) is 0. The van der Waals surface area contributed by atoms with Crippen LogP contribution in [0.1, 0.15) is 5.69 Å². The lowest BCUT2D eigenvalue weighted by atomic mass is 10.1. The highest BCUT2D eigenvalue weighted by molar-refractivity contribution is 5.78. The lowest BCUT2D eigenvalue weighted by Gasteiger charge is -2.34. The second-order valence-corrected chi connectivity index (χ2v) is 5.63. The van der Waals surface area contributed by atoms with Crippen LogP contribution in [0.15, 0.2) is 18.3 Å². The van der Waals surface area contributed by atoms with Crippen LogP contribution in [0.3, 0.4) is 0 Å². The minimum atomic E-state index is 0.304. The van der Waals surface area contributed by atoms with E-state index >= 15 is 0 Å². The van der Waals surface area contributed by atoms with Crippen LogP contribution in [0.4, 0.5) is 17.6 Å². The third-order valence-corrected chi connectivity index (χ3v) is 3.97. The van der Waals surface area contributed by atoms with Gasteiger partial charge in [0, 0.05) is 43.5 Å². The maximum absolute atomic E-state index is 5.87. The molecule has 3 rings (SSSR count). The van der Waals surface area contributed by atoms with Gasteiger partial charge in [-0.3, -0.25) is 0 Å². The molecule has 0 aliphatic carbocycles. The van der Waals surface area contributed by atoms with Gasteiger partial charge in [0.05, 0.1) is 5.69 Å². The highest BCUT2D eigenvalue weighted by Crippen LogP contribution is 2.32. The quantitative estimate of drug-likeness (QED) is 0.845. The fraction of sp³-hybridized carbons (Fsp3) is 0.400. The van der Waals surface area contributed by atoms with Gasteiger partial charge in [0.2, 0.25) is 5.95 Å². The molecule has 7 nitrogen and oxygen atoms in total. The molecule has 22 heavy (non-hydrogen) atoms. The first-order valence-electron chi connectivity index (χ1n) is 7.34. The molecular formula is C15H21N7. The van der Waals surface area contributed by atoms with Crippen molar-refractivity contribution in [1.29, 1.82) is 0 Å². The van der Waals surface area contributed by atoms with Crippen LogP contribution in [-0.4, -0.2) is 53.1 Å². The molecule has 0 amide bonds. The fourth-order valence-corrected chi connectivity index (χ4v) is 2.72. The summed E-state index contributed by atoms with van der Waals surface area (Å²) in [5.41, 5.74) is 14.3. The molecule has 1 aliphatic heterocycles. The maximum Gasteiger partial charge on any atom is 0.222 e.